The Morgan fingerprint density at radius 1 is 1.28 bits per heavy atom. The van der Waals surface area contributed by atoms with Crippen molar-refractivity contribution < 1.29 is 14.4 Å². The smallest absolute Gasteiger partial charge is 0.247 e. The molecule has 0 aromatic heterocycles. The van der Waals surface area contributed by atoms with Crippen LogP contribution in [-0.2, 0) is 14.4 Å². The number of thiocarbonyl (C=S) groups is 1. The summed E-state index contributed by atoms with van der Waals surface area (Å²) in [5.74, 6) is -0.224. The number of carbonyl (C=O) groups excluding carboxylic acids is 3. The maximum atomic E-state index is 12.3. The van der Waals surface area contributed by atoms with Crippen LogP contribution in [0.5, 0.6) is 0 Å². The topological polar surface area (TPSA) is 105 Å². The molecule has 0 aliphatic carbocycles. The Hall–Kier alpha value is -1.19. The van der Waals surface area contributed by atoms with E-state index in [9.17, 15) is 14.4 Å². The fraction of sp³-hybridized carbons (Fsp3) is 0.750. The van der Waals surface area contributed by atoms with Crippen LogP contribution in [0, 0.1) is 11.8 Å². The summed E-state index contributed by atoms with van der Waals surface area (Å²) in [6.45, 7) is 7.92. The van der Waals surface area contributed by atoms with Crippen molar-refractivity contribution in [1.29, 1.82) is 0 Å². The van der Waals surface area contributed by atoms with E-state index in [0.717, 1.165) is 5.75 Å². The molecule has 1 aliphatic heterocycles. The highest BCUT2D eigenvalue weighted by atomic mass is 32.2. The molecule has 0 spiro atoms. The summed E-state index contributed by atoms with van der Waals surface area (Å²) in [6.07, 6.45) is 0.528. The fourth-order valence-corrected chi connectivity index (χ4v) is 3.69. The van der Waals surface area contributed by atoms with Gasteiger partial charge in [0.15, 0.2) is 0 Å². The summed E-state index contributed by atoms with van der Waals surface area (Å²) in [5, 5.41) is 5.14. The molecule has 0 saturated carbocycles. The number of rotatable bonds is 8. The Labute approximate surface area is 158 Å². The van der Waals surface area contributed by atoms with E-state index in [1.807, 2.05) is 27.7 Å². The molecule has 0 bridgehead atoms. The molecule has 1 unspecified atom stereocenters. The van der Waals surface area contributed by atoms with E-state index in [0.29, 0.717) is 17.3 Å². The fourth-order valence-electron chi connectivity index (χ4n) is 2.45. The lowest BCUT2D eigenvalue weighted by molar-refractivity contribution is -0.131. The third-order valence-electron chi connectivity index (χ3n) is 3.81. The van der Waals surface area contributed by atoms with E-state index in [1.165, 1.54) is 16.7 Å². The first-order valence-corrected chi connectivity index (χ1v) is 9.71. The molecule has 1 saturated heterocycles. The van der Waals surface area contributed by atoms with Crippen LogP contribution in [0.15, 0.2) is 0 Å². The molecule has 0 radical (unpaired) electrons. The van der Waals surface area contributed by atoms with Crippen LogP contribution in [0.2, 0.25) is 0 Å². The summed E-state index contributed by atoms with van der Waals surface area (Å²) in [7, 11) is 0. The lowest BCUT2D eigenvalue weighted by Gasteiger charge is -2.27. The number of thioether (sulfide) groups is 1. The number of hydrogen-bond donors (Lipinski definition) is 3. The van der Waals surface area contributed by atoms with E-state index in [-0.39, 0.29) is 36.7 Å². The van der Waals surface area contributed by atoms with Gasteiger partial charge in [0.25, 0.3) is 0 Å². The van der Waals surface area contributed by atoms with Crippen molar-refractivity contribution in [2.24, 2.45) is 17.6 Å². The van der Waals surface area contributed by atoms with Gasteiger partial charge in [0.2, 0.25) is 17.7 Å². The van der Waals surface area contributed by atoms with Gasteiger partial charge in [-0.05, 0) is 26.2 Å². The number of carbonyl (C=O) groups is 3. The Bertz CT molecular complexity index is 532. The molecule has 1 rings (SSSR count). The van der Waals surface area contributed by atoms with Gasteiger partial charge >= 0.3 is 0 Å². The highest BCUT2D eigenvalue weighted by molar-refractivity contribution is 8.23. The van der Waals surface area contributed by atoms with Gasteiger partial charge in [-0.25, -0.2) is 0 Å². The molecule has 1 fully saturated rings. The minimum Gasteiger partial charge on any atom is -0.347 e. The highest BCUT2D eigenvalue weighted by Gasteiger charge is 2.28. The zero-order chi connectivity index (χ0) is 19.2. The van der Waals surface area contributed by atoms with Crippen molar-refractivity contribution in [3.63, 3.8) is 0 Å². The highest BCUT2D eigenvalue weighted by Crippen LogP contribution is 2.21. The van der Waals surface area contributed by atoms with Crippen LogP contribution in [-0.4, -0.2) is 57.9 Å². The predicted octanol–water partition coefficient (Wildman–Crippen LogP) is 0.479. The van der Waals surface area contributed by atoms with E-state index in [4.69, 9.17) is 18.0 Å². The minimum absolute atomic E-state index is 0.112. The first-order chi connectivity index (χ1) is 11.5. The molecule has 1 atom stereocenters. The quantitative estimate of drug-likeness (QED) is 0.523. The molecule has 1 heterocycles. The molecule has 25 heavy (non-hydrogen) atoms. The first kappa shape index (κ1) is 21.9. The van der Waals surface area contributed by atoms with Gasteiger partial charge in [0, 0.05) is 23.8 Å². The lowest BCUT2D eigenvalue weighted by Crippen LogP contribution is -2.46. The van der Waals surface area contributed by atoms with E-state index < -0.39 is 11.4 Å². The zero-order valence-electron chi connectivity index (χ0n) is 15.3. The molecular weight excluding hydrogens is 360 g/mol. The van der Waals surface area contributed by atoms with Gasteiger partial charge in [-0.15, -0.1) is 0 Å². The number of hydrogen-bond acceptors (Lipinski definition) is 6. The van der Waals surface area contributed by atoms with Crippen LogP contribution in [0.25, 0.3) is 0 Å². The maximum absolute atomic E-state index is 12.3. The van der Waals surface area contributed by atoms with Gasteiger partial charge in [0.05, 0.1) is 13.1 Å². The number of nitrogens with zero attached hydrogens (tertiary/aromatic N) is 1. The van der Waals surface area contributed by atoms with Crippen molar-refractivity contribution in [2.75, 3.05) is 25.4 Å². The van der Waals surface area contributed by atoms with Crippen LogP contribution < -0.4 is 16.4 Å². The van der Waals surface area contributed by atoms with Crippen LogP contribution in [0.1, 0.15) is 34.1 Å². The Kier molecular flexibility index (Phi) is 8.30. The standard InChI is InChI=1S/C16H28N4O3S2/c1-10(2)11(7-16(3,4)17)14(23)19-8-12(21)18-9-13(22)20-5-6-25-15(20)24/h10-11H,5-9,17H2,1-4H3,(H,18,21)(H,19,23). The lowest BCUT2D eigenvalue weighted by atomic mass is 9.83. The maximum Gasteiger partial charge on any atom is 0.247 e. The van der Waals surface area contributed by atoms with E-state index in [2.05, 4.69) is 10.6 Å². The third-order valence-corrected chi connectivity index (χ3v) is 5.24. The number of amides is 3. The average Bonchev–Trinajstić information content (AvgIpc) is 2.93. The van der Waals surface area contributed by atoms with Crippen LogP contribution in [0.3, 0.4) is 0 Å². The Balaban J connectivity index is 2.40. The van der Waals surface area contributed by atoms with Crippen molar-refractivity contribution in [3.8, 4) is 0 Å². The summed E-state index contributed by atoms with van der Waals surface area (Å²) in [5.41, 5.74) is 5.54. The summed E-state index contributed by atoms with van der Waals surface area (Å²) >= 11 is 6.52. The molecule has 9 heteroatoms. The molecule has 3 amide bonds. The summed E-state index contributed by atoms with van der Waals surface area (Å²) in [4.78, 5) is 37.6. The molecule has 0 aromatic rings. The Morgan fingerprint density at radius 2 is 1.92 bits per heavy atom. The zero-order valence-corrected chi connectivity index (χ0v) is 16.9. The number of nitrogens with one attached hydrogen (secondary N) is 2. The second-order valence-electron chi connectivity index (χ2n) is 7.20. The van der Waals surface area contributed by atoms with E-state index in [1.54, 1.807) is 0 Å². The minimum atomic E-state index is -0.465. The van der Waals surface area contributed by atoms with Crippen molar-refractivity contribution in [1.82, 2.24) is 15.5 Å². The van der Waals surface area contributed by atoms with Crippen molar-refractivity contribution >= 4 is 46.0 Å². The van der Waals surface area contributed by atoms with Gasteiger partial charge in [0.1, 0.15) is 4.32 Å². The SMILES string of the molecule is CC(C)C(CC(C)(C)N)C(=O)NCC(=O)NCC(=O)N1CCSC1=S. The van der Waals surface area contributed by atoms with Gasteiger partial charge in [-0.3, -0.25) is 19.3 Å². The first-order valence-electron chi connectivity index (χ1n) is 8.31. The molecule has 1 aliphatic rings. The largest absolute Gasteiger partial charge is 0.347 e. The van der Waals surface area contributed by atoms with Gasteiger partial charge in [-0.2, -0.15) is 0 Å². The molecule has 7 nitrogen and oxygen atoms in total. The molecule has 4 N–H and O–H groups in total. The monoisotopic (exact) mass is 388 g/mol. The average molecular weight is 389 g/mol. The predicted molar refractivity (Wildman–Crippen MR) is 104 cm³/mol. The normalized spacial score (nSPS) is 16.1. The molecular formula is C16H28N4O3S2. The molecule has 0 aromatic carbocycles. The van der Waals surface area contributed by atoms with Gasteiger partial charge in [-0.1, -0.05) is 37.8 Å². The Morgan fingerprint density at radius 3 is 2.40 bits per heavy atom. The van der Waals surface area contributed by atoms with Crippen molar-refractivity contribution in [2.45, 2.75) is 39.7 Å². The second kappa shape index (κ2) is 9.49. The second-order valence-corrected chi connectivity index (χ2v) is 8.93. The molecule has 142 valence electrons. The summed E-state index contributed by atoms with van der Waals surface area (Å²) in [6, 6.07) is 0. The third kappa shape index (κ3) is 7.70. The summed E-state index contributed by atoms with van der Waals surface area (Å²) < 4.78 is 0.539. The van der Waals surface area contributed by atoms with Crippen molar-refractivity contribution in [3.05, 3.63) is 0 Å². The van der Waals surface area contributed by atoms with Gasteiger partial charge < -0.3 is 16.4 Å². The van der Waals surface area contributed by atoms with E-state index >= 15 is 0 Å². The van der Waals surface area contributed by atoms with Crippen LogP contribution >= 0.6 is 24.0 Å². The van der Waals surface area contributed by atoms with Crippen LogP contribution in [0.4, 0.5) is 0 Å². The number of nitrogens with two attached hydrogens (primary N) is 1.